The number of carboxylic acids is 1. The molecule has 0 aliphatic heterocycles. The predicted octanol–water partition coefficient (Wildman–Crippen LogP) is 1.41. The largest absolute Gasteiger partial charge is 0.477 e. The van der Waals surface area contributed by atoms with E-state index in [2.05, 4.69) is 0 Å². The summed E-state index contributed by atoms with van der Waals surface area (Å²) in [5.74, 6) is -0.858. The second-order valence-corrected chi connectivity index (χ2v) is 2.10. The maximum absolute atomic E-state index is 9.85. The van der Waals surface area contributed by atoms with Crippen LogP contribution in [0.2, 0.25) is 0 Å². The molecule has 0 fully saturated rings. The zero-order valence-corrected chi connectivity index (χ0v) is 5.97. The molecule has 3 heteroatoms. The van der Waals surface area contributed by atoms with Crippen molar-refractivity contribution in [1.29, 1.82) is 0 Å². The van der Waals surface area contributed by atoms with Crippen LogP contribution in [0.3, 0.4) is 0 Å². The Morgan fingerprint density at radius 1 is 1.86 bits per heavy atom. The van der Waals surface area contributed by atoms with Crippen molar-refractivity contribution < 1.29 is 9.90 Å². The first-order chi connectivity index (χ1) is 3.18. The van der Waals surface area contributed by atoms with Crippen LogP contribution in [0.25, 0.3) is 0 Å². The highest BCUT2D eigenvalue weighted by molar-refractivity contribution is 14.1. The lowest BCUT2D eigenvalue weighted by Crippen LogP contribution is -1.90. The third-order valence-corrected chi connectivity index (χ3v) is 1.54. The topological polar surface area (TPSA) is 37.3 Å². The van der Waals surface area contributed by atoms with Crippen molar-refractivity contribution in [2.75, 3.05) is 0 Å². The first-order valence-electron chi connectivity index (χ1n) is 1.73. The van der Waals surface area contributed by atoms with E-state index in [1.807, 2.05) is 0 Å². The van der Waals surface area contributed by atoms with Crippen molar-refractivity contribution in [2.24, 2.45) is 0 Å². The smallest absolute Gasteiger partial charge is 0.341 e. The average Bonchev–Trinajstić information content (AvgIpc) is 1.65. The van der Waals surface area contributed by atoms with Gasteiger partial charge in [-0.3, -0.25) is 0 Å². The van der Waals surface area contributed by atoms with Gasteiger partial charge >= 0.3 is 5.97 Å². The molecule has 0 radical (unpaired) electrons. The van der Waals surface area contributed by atoms with Gasteiger partial charge in [0.25, 0.3) is 0 Å². The van der Waals surface area contributed by atoms with Gasteiger partial charge in [0.15, 0.2) is 0 Å². The number of carbonyl (C=O) groups is 1. The summed E-state index contributed by atoms with van der Waals surface area (Å²) in [7, 11) is 0. The van der Waals surface area contributed by atoms with Crippen molar-refractivity contribution in [2.45, 2.75) is 6.92 Å². The SMILES string of the molecule is C/C=C(/I)C(=O)O. The number of aliphatic carboxylic acids is 1. The molecule has 0 bridgehead atoms. The molecule has 7 heavy (non-hydrogen) atoms. The second kappa shape index (κ2) is 3.01. The lowest BCUT2D eigenvalue weighted by Gasteiger charge is -1.81. The van der Waals surface area contributed by atoms with Crippen LogP contribution < -0.4 is 0 Å². The van der Waals surface area contributed by atoms with Gasteiger partial charge in [0.2, 0.25) is 0 Å². The third-order valence-electron chi connectivity index (χ3n) is 0.458. The lowest BCUT2D eigenvalue weighted by molar-refractivity contribution is -0.131. The molecule has 0 aromatic heterocycles. The normalized spacial score (nSPS) is 11.4. The Labute approximate surface area is 55.4 Å². The van der Waals surface area contributed by atoms with Gasteiger partial charge in [-0.2, -0.15) is 0 Å². The Balaban J connectivity index is 3.82. The monoisotopic (exact) mass is 212 g/mol. The molecule has 0 heterocycles. The van der Waals surface area contributed by atoms with Gasteiger partial charge in [-0.05, 0) is 29.5 Å². The summed E-state index contributed by atoms with van der Waals surface area (Å²) in [5, 5.41) is 8.11. The molecule has 0 aliphatic carbocycles. The van der Waals surface area contributed by atoms with Crippen molar-refractivity contribution >= 4 is 28.6 Å². The Kier molecular flexibility index (Phi) is 2.98. The van der Waals surface area contributed by atoms with Crippen molar-refractivity contribution in [3.63, 3.8) is 0 Å². The van der Waals surface area contributed by atoms with Crippen LogP contribution in [0.5, 0.6) is 0 Å². The first-order valence-corrected chi connectivity index (χ1v) is 2.81. The van der Waals surface area contributed by atoms with Gasteiger partial charge < -0.3 is 5.11 Å². The van der Waals surface area contributed by atoms with Crippen LogP contribution in [-0.4, -0.2) is 11.1 Å². The number of rotatable bonds is 1. The van der Waals surface area contributed by atoms with Crippen LogP contribution in [0.4, 0.5) is 0 Å². The Bertz CT molecular complexity index is 106. The van der Waals surface area contributed by atoms with E-state index in [1.54, 1.807) is 35.6 Å². The number of allylic oxidation sites excluding steroid dienone is 1. The molecule has 1 N–H and O–H groups in total. The minimum absolute atomic E-state index is 0.359. The van der Waals surface area contributed by atoms with E-state index in [4.69, 9.17) is 5.11 Å². The van der Waals surface area contributed by atoms with Crippen molar-refractivity contribution in [3.8, 4) is 0 Å². The maximum atomic E-state index is 9.85. The van der Waals surface area contributed by atoms with E-state index in [0.29, 0.717) is 3.58 Å². The van der Waals surface area contributed by atoms with Gasteiger partial charge in [0, 0.05) is 0 Å². The molecule has 0 spiro atoms. The molecule has 0 rings (SSSR count). The molecule has 0 atom stereocenters. The zero-order chi connectivity index (χ0) is 5.86. The second-order valence-electron chi connectivity index (χ2n) is 0.942. The van der Waals surface area contributed by atoms with Crippen molar-refractivity contribution in [3.05, 3.63) is 9.66 Å². The average molecular weight is 212 g/mol. The van der Waals surface area contributed by atoms with E-state index >= 15 is 0 Å². The Hall–Kier alpha value is -0.0600. The van der Waals surface area contributed by atoms with E-state index in [9.17, 15) is 4.79 Å². The highest BCUT2D eigenvalue weighted by Crippen LogP contribution is 2.02. The zero-order valence-electron chi connectivity index (χ0n) is 3.81. The van der Waals surface area contributed by atoms with E-state index < -0.39 is 5.97 Å². The molecular weight excluding hydrogens is 207 g/mol. The molecule has 40 valence electrons. The summed E-state index contributed by atoms with van der Waals surface area (Å²) >= 11 is 1.76. The van der Waals surface area contributed by atoms with Gasteiger partial charge in [0.05, 0.1) is 3.58 Å². The minimum Gasteiger partial charge on any atom is -0.477 e. The van der Waals surface area contributed by atoms with Crippen molar-refractivity contribution in [1.82, 2.24) is 0 Å². The first kappa shape index (κ1) is 6.94. The third kappa shape index (κ3) is 2.61. The molecular formula is C4H5IO2. The van der Waals surface area contributed by atoms with E-state index in [-0.39, 0.29) is 0 Å². The standard InChI is InChI=1S/C4H5IO2/c1-2-3(5)4(6)7/h2H,1H3,(H,6,7)/b3-2+. The molecule has 0 amide bonds. The maximum Gasteiger partial charge on any atom is 0.341 e. The van der Waals surface area contributed by atoms with Crippen LogP contribution in [0.15, 0.2) is 9.66 Å². The highest BCUT2D eigenvalue weighted by atomic mass is 127. The molecule has 0 saturated heterocycles. The summed E-state index contributed by atoms with van der Waals surface area (Å²) in [4.78, 5) is 9.85. The lowest BCUT2D eigenvalue weighted by atomic mass is 10.5. The minimum atomic E-state index is -0.858. The Morgan fingerprint density at radius 3 is 2.29 bits per heavy atom. The summed E-state index contributed by atoms with van der Waals surface area (Å²) < 4.78 is 0.359. The fourth-order valence-electron chi connectivity index (χ4n) is 0.123. The predicted molar refractivity (Wildman–Crippen MR) is 35.4 cm³/mol. The number of hydrogen-bond donors (Lipinski definition) is 1. The fourth-order valence-corrected chi connectivity index (χ4v) is 0.123. The van der Waals surface area contributed by atoms with Gasteiger partial charge in [-0.15, -0.1) is 0 Å². The van der Waals surface area contributed by atoms with Crippen LogP contribution in [-0.2, 0) is 4.79 Å². The Morgan fingerprint density at radius 2 is 2.29 bits per heavy atom. The van der Waals surface area contributed by atoms with E-state index in [0.717, 1.165) is 0 Å². The van der Waals surface area contributed by atoms with Crippen LogP contribution >= 0.6 is 22.6 Å². The quantitative estimate of drug-likeness (QED) is 0.527. The number of carboxylic acid groups (broad SMARTS) is 1. The van der Waals surface area contributed by atoms with Gasteiger partial charge in [-0.1, -0.05) is 6.08 Å². The number of hydrogen-bond acceptors (Lipinski definition) is 1. The summed E-state index contributed by atoms with van der Waals surface area (Å²) in [6.45, 7) is 1.69. The van der Waals surface area contributed by atoms with Crippen LogP contribution in [0, 0.1) is 0 Å². The van der Waals surface area contributed by atoms with Gasteiger partial charge in [-0.25, -0.2) is 4.79 Å². The molecule has 0 unspecified atom stereocenters. The van der Waals surface area contributed by atoms with E-state index in [1.165, 1.54) is 0 Å². The van der Waals surface area contributed by atoms with Crippen LogP contribution in [0.1, 0.15) is 6.92 Å². The highest BCUT2D eigenvalue weighted by Gasteiger charge is 1.96. The molecule has 0 aliphatic rings. The summed E-state index contributed by atoms with van der Waals surface area (Å²) in [6, 6.07) is 0. The van der Waals surface area contributed by atoms with Gasteiger partial charge in [0.1, 0.15) is 0 Å². The molecule has 0 aromatic carbocycles. The molecule has 0 saturated carbocycles. The molecule has 0 aromatic rings. The molecule has 2 nitrogen and oxygen atoms in total. The number of halogens is 1. The summed E-state index contributed by atoms with van der Waals surface area (Å²) in [5.41, 5.74) is 0. The summed E-state index contributed by atoms with van der Waals surface area (Å²) in [6.07, 6.45) is 1.54. The fraction of sp³-hybridized carbons (Fsp3) is 0.250.